The lowest BCUT2D eigenvalue weighted by atomic mass is 10.0. The fourth-order valence-electron chi connectivity index (χ4n) is 3.76. The molecule has 11 heteroatoms. The number of nitrogens with one attached hydrogen (secondary N) is 5. The molecule has 0 saturated carbocycles. The largest absolute Gasteiger partial charge is 0.508 e. The third-order valence-electron chi connectivity index (χ3n) is 5.87. The van der Waals surface area contributed by atoms with E-state index in [2.05, 4.69) is 26.6 Å². The quantitative estimate of drug-likeness (QED) is 0.318. The molecule has 1 aliphatic heterocycles. The number of carbonyl (C=O) groups is 5. The number of hydrogen-bond donors (Lipinski definition) is 6. The zero-order valence-electron chi connectivity index (χ0n) is 20.6. The first kappa shape index (κ1) is 27.2. The average molecular weight is 510 g/mol. The van der Waals surface area contributed by atoms with Crippen LogP contribution in [0.15, 0.2) is 54.6 Å². The Kier molecular flexibility index (Phi) is 9.20. The van der Waals surface area contributed by atoms with Crippen molar-refractivity contribution < 1.29 is 29.1 Å². The number of rotatable bonds is 4. The van der Waals surface area contributed by atoms with E-state index < -0.39 is 60.2 Å². The highest BCUT2D eigenvalue weighted by molar-refractivity contribution is 5.97. The summed E-state index contributed by atoms with van der Waals surface area (Å²) in [5.74, 6) is -2.98. The zero-order chi connectivity index (χ0) is 26.9. The van der Waals surface area contributed by atoms with Crippen LogP contribution in [-0.4, -0.2) is 65.4 Å². The van der Waals surface area contributed by atoms with E-state index in [1.165, 1.54) is 26.0 Å². The van der Waals surface area contributed by atoms with Crippen LogP contribution in [0.4, 0.5) is 0 Å². The van der Waals surface area contributed by atoms with E-state index in [-0.39, 0.29) is 18.6 Å². The van der Waals surface area contributed by atoms with Gasteiger partial charge in [-0.15, -0.1) is 0 Å². The highest BCUT2D eigenvalue weighted by Crippen LogP contribution is 2.12. The Hall–Kier alpha value is -4.41. The van der Waals surface area contributed by atoms with Gasteiger partial charge in [0.2, 0.25) is 29.5 Å². The van der Waals surface area contributed by atoms with Crippen molar-refractivity contribution in [1.29, 1.82) is 0 Å². The van der Waals surface area contributed by atoms with Gasteiger partial charge in [-0.05, 0) is 37.1 Å². The van der Waals surface area contributed by atoms with Gasteiger partial charge < -0.3 is 31.7 Å². The third kappa shape index (κ3) is 8.06. The highest BCUT2D eigenvalue weighted by atomic mass is 16.3. The topological polar surface area (TPSA) is 166 Å². The molecule has 2 aromatic carbocycles. The van der Waals surface area contributed by atoms with Crippen LogP contribution in [0, 0.1) is 0 Å². The molecule has 1 aliphatic rings. The van der Waals surface area contributed by atoms with Crippen LogP contribution >= 0.6 is 0 Å². The lowest BCUT2D eigenvalue weighted by Crippen LogP contribution is -2.57. The number of benzene rings is 2. The Bertz CT molecular complexity index is 1140. The van der Waals surface area contributed by atoms with E-state index in [9.17, 15) is 29.1 Å². The minimum atomic E-state index is -1.06. The van der Waals surface area contributed by atoms with Crippen molar-refractivity contribution in [2.75, 3.05) is 6.54 Å². The molecule has 4 unspecified atom stereocenters. The molecule has 37 heavy (non-hydrogen) atoms. The molecule has 0 radical (unpaired) electrons. The second kappa shape index (κ2) is 12.5. The van der Waals surface area contributed by atoms with Gasteiger partial charge in [-0.1, -0.05) is 42.5 Å². The number of aromatic hydroxyl groups is 1. The molecule has 0 aromatic heterocycles. The standard InChI is InChI=1S/C26H31N5O6/c1-15-23(34)27-14-22(33)30-20(13-18-8-10-19(32)11-9-18)25(36)29-16(2)24(35)31-21(26(37)28-15)12-17-6-4-3-5-7-17/h3-11,15-16,20-21,32H,12-14H2,1-2H3,(H,27,34)(H,28,37)(H,29,36)(H,30,33)(H,31,35). The number of amides is 5. The summed E-state index contributed by atoms with van der Waals surface area (Å²) in [4.78, 5) is 64.0. The van der Waals surface area contributed by atoms with Crippen molar-refractivity contribution in [3.8, 4) is 5.75 Å². The van der Waals surface area contributed by atoms with Gasteiger partial charge in [-0.25, -0.2) is 0 Å². The molecular weight excluding hydrogens is 478 g/mol. The average Bonchev–Trinajstić information content (AvgIpc) is 2.87. The smallest absolute Gasteiger partial charge is 0.243 e. The molecule has 1 heterocycles. The van der Waals surface area contributed by atoms with Gasteiger partial charge in [0.1, 0.15) is 29.9 Å². The predicted octanol–water partition coefficient (Wildman–Crippen LogP) is -0.714. The predicted molar refractivity (Wildman–Crippen MR) is 134 cm³/mol. The maximum absolute atomic E-state index is 13.1. The van der Waals surface area contributed by atoms with Crippen molar-refractivity contribution in [1.82, 2.24) is 26.6 Å². The van der Waals surface area contributed by atoms with E-state index in [4.69, 9.17) is 0 Å². The molecule has 6 N–H and O–H groups in total. The Labute approximate surface area is 214 Å². The van der Waals surface area contributed by atoms with Crippen LogP contribution in [-0.2, 0) is 36.8 Å². The van der Waals surface area contributed by atoms with Crippen LogP contribution in [0.25, 0.3) is 0 Å². The number of hydrogen-bond acceptors (Lipinski definition) is 6. The summed E-state index contributed by atoms with van der Waals surface area (Å²) in [5.41, 5.74) is 1.45. The second-order valence-corrected chi connectivity index (χ2v) is 8.92. The summed E-state index contributed by atoms with van der Waals surface area (Å²) in [6, 6.07) is 11.1. The molecule has 0 aliphatic carbocycles. The molecular formula is C26H31N5O6. The minimum absolute atomic E-state index is 0.0506. The van der Waals surface area contributed by atoms with Gasteiger partial charge >= 0.3 is 0 Å². The van der Waals surface area contributed by atoms with E-state index in [0.29, 0.717) is 5.56 Å². The van der Waals surface area contributed by atoms with Crippen molar-refractivity contribution in [3.63, 3.8) is 0 Å². The van der Waals surface area contributed by atoms with Crippen LogP contribution < -0.4 is 26.6 Å². The highest BCUT2D eigenvalue weighted by Gasteiger charge is 2.30. The molecule has 1 fully saturated rings. The summed E-state index contributed by atoms with van der Waals surface area (Å²) in [5, 5.41) is 22.3. The van der Waals surface area contributed by atoms with Crippen molar-refractivity contribution in [2.24, 2.45) is 0 Å². The van der Waals surface area contributed by atoms with E-state index >= 15 is 0 Å². The number of phenols is 1. The second-order valence-electron chi connectivity index (χ2n) is 8.92. The van der Waals surface area contributed by atoms with E-state index in [1.54, 1.807) is 24.3 Å². The summed E-state index contributed by atoms with van der Waals surface area (Å²) >= 11 is 0. The molecule has 2 aromatic rings. The number of carbonyl (C=O) groups excluding carboxylic acids is 5. The van der Waals surface area contributed by atoms with E-state index in [1.807, 2.05) is 18.2 Å². The van der Waals surface area contributed by atoms with Gasteiger partial charge in [0.25, 0.3) is 0 Å². The van der Waals surface area contributed by atoms with Crippen molar-refractivity contribution in [2.45, 2.75) is 50.9 Å². The van der Waals surface area contributed by atoms with Gasteiger partial charge in [-0.2, -0.15) is 0 Å². The Morgan fingerprint density at radius 2 is 1.16 bits per heavy atom. The van der Waals surface area contributed by atoms with Crippen molar-refractivity contribution >= 4 is 29.5 Å². The summed E-state index contributed by atoms with van der Waals surface area (Å²) < 4.78 is 0. The molecule has 0 spiro atoms. The molecule has 4 atom stereocenters. The fourth-order valence-corrected chi connectivity index (χ4v) is 3.76. The summed E-state index contributed by atoms with van der Waals surface area (Å²) in [6.07, 6.45) is 0.240. The minimum Gasteiger partial charge on any atom is -0.508 e. The van der Waals surface area contributed by atoms with Crippen LogP contribution in [0.2, 0.25) is 0 Å². The third-order valence-corrected chi connectivity index (χ3v) is 5.87. The molecule has 0 bridgehead atoms. The molecule has 3 rings (SSSR count). The zero-order valence-corrected chi connectivity index (χ0v) is 20.6. The summed E-state index contributed by atoms with van der Waals surface area (Å²) in [7, 11) is 0. The molecule has 11 nitrogen and oxygen atoms in total. The number of phenolic OH excluding ortho intramolecular Hbond substituents is 1. The lowest BCUT2D eigenvalue weighted by Gasteiger charge is -2.24. The Morgan fingerprint density at radius 1 is 0.649 bits per heavy atom. The fraction of sp³-hybridized carbons (Fsp3) is 0.346. The normalized spacial score (nSPS) is 23.9. The molecule has 1 saturated heterocycles. The van der Waals surface area contributed by atoms with E-state index in [0.717, 1.165) is 5.56 Å². The van der Waals surface area contributed by atoms with Crippen LogP contribution in [0.3, 0.4) is 0 Å². The Morgan fingerprint density at radius 3 is 1.76 bits per heavy atom. The van der Waals surface area contributed by atoms with Crippen LogP contribution in [0.1, 0.15) is 25.0 Å². The van der Waals surface area contributed by atoms with Gasteiger partial charge in [-0.3, -0.25) is 24.0 Å². The maximum Gasteiger partial charge on any atom is 0.243 e. The van der Waals surface area contributed by atoms with Gasteiger partial charge in [0, 0.05) is 12.8 Å². The maximum atomic E-state index is 13.1. The summed E-state index contributed by atoms with van der Waals surface area (Å²) in [6.45, 7) is 2.51. The lowest BCUT2D eigenvalue weighted by molar-refractivity contribution is -0.133. The van der Waals surface area contributed by atoms with Crippen LogP contribution in [0.5, 0.6) is 5.75 Å². The van der Waals surface area contributed by atoms with Gasteiger partial charge in [0.05, 0.1) is 6.54 Å². The first-order chi connectivity index (χ1) is 17.6. The molecule has 196 valence electrons. The SMILES string of the molecule is CC1NC(=O)C(Cc2ccc(O)cc2)NC(=O)CNC(=O)C(C)NC(=O)C(Cc2ccccc2)NC1=O. The first-order valence-electron chi connectivity index (χ1n) is 11.9. The van der Waals surface area contributed by atoms with Gasteiger partial charge in [0.15, 0.2) is 0 Å². The monoisotopic (exact) mass is 509 g/mol. The first-order valence-corrected chi connectivity index (χ1v) is 11.9. The van der Waals surface area contributed by atoms with Crippen molar-refractivity contribution in [3.05, 3.63) is 65.7 Å². The Balaban J connectivity index is 1.84. The molecule has 5 amide bonds.